The van der Waals surface area contributed by atoms with Crippen molar-refractivity contribution < 1.29 is 24.5 Å². The van der Waals surface area contributed by atoms with Crippen LogP contribution in [-0.2, 0) is 14.3 Å². The molecule has 0 radical (unpaired) electrons. The molecule has 0 aliphatic carbocycles. The molecule has 0 amide bonds. The molecule has 1 unspecified atom stereocenters. The molecule has 2 N–H and O–H groups in total. The number of cyclic esters (lactones) is 1. The molecule has 0 spiro atoms. The number of carboxylic acids is 1. The molecule has 1 saturated heterocycles. The van der Waals surface area contributed by atoms with Crippen LogP contribution in [0.15, 0.2) is 23.3 Å². The fourth-order valence-electron chi connectivity index (χ4n) is 2.93. The first-order valence-corrected chi connectivity index (χ1v) is 8.83. The minimum Gasteiger partial charge on any atom is -0.481 e. The van der Waals surface area contributed by atoms with Crippen molar-refractivity contribution in [3.8, 4) is 0 Å². The lowest BCUT2D eigenvalue weighted by Crippen LogP contribution is -2.27. The van der Waals surface area contributed by atoms with E-state index in [1.165, 1.54) is 31.8 Å². The Balaban J connectivity index is 2.54. The zero-order valence-electron chi connectivity index (χ0n) is 15.0. The number of allylic oxidation sites excluding steroid dienone is 1. The molecule has 0 aromatic carbocycles. The predicted octanol–water partition coefficient (Wildman–Crippen LogP) is 3.62. The normalized spacial score (nSPS) is 22.5. The smallest absolute Gasteiger partial charge is 0.334 e. The van der Waals surface area contributed by atoms with Gasteiger partial charge in [-0.05, 0) is 24.8 Å². The lowest BCUT2D eigenvalue weighted by Gasteiger charge is -2.19. The molecular formula is C19H30O5. The van der Waals surface area contributed by atoms with E-state index in [2.05, 4.69) is 13.8 Å². The Morgan fingerprint density at radius 2 is 2.08 bits per heavy atom. The summed E-state index contributed by atoms with van der Waals surface area (Å²) in [5, 5.41) is 19.1. The topological polar surface area (TPSA) is 83.8 Å². The van der Waals surface area contributed by atoms with Gasteiger partial charge in [0.05, 0.1) is 6.42 Å². The van der Waals surface area contributed by atoms with E-state index in [0.717, 1.165) is 12.0 Å². The molecule has 5 heteroatoms. The van der Waals surface area contributed by atoms with E-state index in [1.807, 2.05) is 13.0 Å². The quantitative estimate of drug-likeness (QED) is 0.275. The number of ether oxygens (including phenoxy) is 1. The van der Waals surface area contributed by atoms with Gasteiger partial charge in [-0.3, -0.25) is 4.79 Å². The van der Waals surface area contributed by atoms with E-state index in [9.17, 15) is 14.7 Å². The molecule has 1 aliphatic heterocycles. The van der Waals surface area contributed by atoms with Crippen molar-refractivity contribution >= 4 is 11.9 Å². The highest BCUT2D eigenvalue weighted by molar-refractivity contribution is 5.91. The van der Waals surface area contributed by atoms with Gasteiger partial charge in [0.15, 0.2) is 0 Å². The van der Waals surface area contributed by atoms with Crippen LogP contribution in [0.5, 0.6) is 0 Å². The summed E-state index contributed by atoms with van der Waals surface area (Å²) < 4.78 is 5.19. The maximum Gasteiger partial charge on any atom is 0.334 e. The van der Waals surface area contributed by atoms with Gasteiger partial charge in [0, 0.05) is 12.0 Å². The number of unbranched alkanes of at least 4 members (excludes halogenated alkanes) is 3. The van der Waals surface area contributed by atoms with Gasteiger partial charge in [0.25, 0.3) is 0 Å². The van der Waals surface area contributed by atoms with Crippen molar-refractivity contribution in [2.45, 2.75) is 77.9 Å². The summed E-state index contributed by atoms with van der Waals surface area (Å²) >= 11 is 0. The number of esters is 1. The molecule has 0 aromatic heterocycles. The summed E-state index contributed by atoms with van der Waals surface area (Å²) in [6, 6.07) is 0. The molecule has 0 saturated carbocycles. The summed E-state index contributed by atoms with van der Waals surface area (Å²) in [6.07, 6.45) is 7.94. The summed E-state index contributed by atoms with van der Waals surface area (Å²) in [7, 11) is 0. The first kappa shape index (κ1) is 20.4. The second-order valence-corrected chi connectivity index (χ2v) is 6.66. The highest BCUT2D eigenvalue weighted by atomic mass is 16.6. The third-order valence-electron chi connectivity index (χ3n) is 4.34. The molecule has 1 fully saturated rings. The fraction of sp³-hybridized carbons (Fsp3) is 0.684. The maximum absolute atomic E-state index is 11.7. The summed E-state index contributed by atoms with van der Waals surface area (Å²) in [5.41, 5.74) is 1.14. The molecule has 0 aromatic rings. The van der Waals surface area contributed by atoms with Crippen molar-refractivity contribution in [3.05, 3.63) is 23.3 Å². The molecule has 136 valence electrons. The zero-order valence-corrected chi connectivity index (χ0v) is 15.0. The molecule has 1 aliphatic rings. The first-order valence-electron chi connectivity index (χ1n) is 8.83. The van der Waals surface area contributed by atoms with Crippen LogP contribution < -0.4 is 0 Å². The number of carbonyl (C=O) groups excluding carboxylic acids is 1. The predicted molar refractivity (Wildman–Crippen MR) is 92.5 cm³/mol. The number of aliphatic hydroxyl groups is 1. The lowest BCUT2D eigenvalue weighted by atomic mass is 9.95. The molecule has 1 rings (SSSR count). The van der Waals surface area contributed by atoms with E-state index in [4.69, 9.17) is 9.84 Å². The Morgan fingerprint density at radius 1 is 1.38 bits per heavy atom. The zero-order chi connectivity index (χ0) is 18.1. The molecule has 3 atom stereocenters. The lowest BCUT2D eigenvalue weighted by molar-refractivity contribution is -0.142. The minimum absolute atomic E-state index is 0.211. The number of hydrogen-bond donors (Lipinski definition) is 2. The minimum atomic E-state index is -0.993. The largest absolute Gasteiger partial charge is 0.481 e. The molecule has 24 heavy (non-hydrogen) atoms. The number of carbonyl (C=O) groups is 2. The van der Waals surface area contributed by atoms with Crippen LogP contribution in [0.2, 0.25) is 0 Å². The third kappa shape index (κ3) is 6.87. The van der Waals surface area contributed by atoms with Gasteiger partial charge in [-0.15, -0.1) is 0 Å². The number of hydrogen-bond acceptors (Lipinski definition) is 4. The average Bonchev–Trinajstić information content (AvgIpc) is 2.89. The van der Waals surface area contributed by atoms with E-state index in [-0.39, 0.29) is 12.8 Å². The van der Waals surface area contributed by atoms with E-state index < -0.39 is 24.1 Å². The number of carboxylic acid groups (broad SMARTS) is 1. The molecule has 1 heterocycles. The van der Waals surface area contributed by atoms with Gasteiger partial charge < -0.3 is 14.9 Å². The van der Waals surface area contributed by atoms with Gasteiger partial charge in [-0.1, -0.05) is 51.7 Å². The standard InChI is InChI=1S/C19H30O5/c1-4-5-6-7-8-13(2)11-14(3)18(22)16-12-15(19(23)24-16)9-10-17(20)21/h9,11,13,16,18,22H,4-8,10,12H2,1-3H3,(H,20,21)/b14-11+,15-9+/t13?,16-,18+/m0/s1. The van der Waals surface area contributed by atoms with Gasteiger partial charge in [0.1, 0.15) is 12.2 Å². The Labute approximate surface area is 144 Å². The van der Waals surface area contributed by atoms with Crippen LogP contribution in [0.3, 0.4) is 0 Å². The average molecular weight is 338 g/mol. The van der Waals surface area contributed by atoms with Crippen molar-refractivity contribution in [2.75, 3.05) is 0 Å². The van der Waals surface area contributed by atoms with Gasteiger partial charge in [-0.2, -0.15) is 0 Å². The maximum atomic E-state index is 11.7. The molecule has 5 nitrogen and oxygen atoms in total. The van der Waals surface area contributed by atoms with Gasteiger partial charge >= 0.3 is 11.9 Å². The number of rotatable bonds is 10. The Hall–Kier alpha value is -1.62. The molecular weight excluding hydrogens is 308 g/mol. The summed E-state index contributed by atoms with van der Waals surface area (Å²) in [4.78, 5) is 22.3. The van der Waals surface area contributed by atoms with Crippen LogP contribution in [0.4, 0.5) is 0 Å². The molecule has 0 bridgehead atoms. The van der Waals surface area contributed by atoms with Crippen molar-refractivity contribution in [1.29, 1.82) is 0 Å². The third-order valence-corrected chi connectivity index (χ3v) is 4.34. The van der Waals surface area contributed by atoms with Crippen molar-refractivity contribution in [1.82, 2.24) is 0 Å². The Morgan fingerprint density at radius 3 is 2.71 bits per heavy atom. The van der Waals surface area contributed by atoms with Crippen LogP contribution in [-0.4, -0.2) is 34.4 Å². The first-order chi connectivity index (χ1) is 11.3. The van der Waals surface area contributed by atoms with E-state index >= 15 is 0 Å². The highest BCUT2D eigenvalue weighted by Gasteiger charge is 2.34. The van der Waals surface area contributed by atoms with E-state index in [1.54, 1.807) is 0 Å². The summed E-state index contributed by atoms with van der Waals surface area (Å²) in [5.74, 6) is -1.15. The number of aliphatic hydroxyl groups excluding tert-OH is 1. The van der Waals surface area contributed by atoms with Crippen molar-refractivity contribution in [2.24, 2.45) is 5.92 Å². The van der Waals surface area contributed by atoms with Crippen LogP contribution in [0, 0.1) is 5.92 Å². The van der Waals surface area contributed by atoms with E-state index in [0.29, 0.717) is 11.5 Å². The monoisotopic (exact) mass is 338 g/mol. The number of aliphatic carboxylic acids is 1. The fourth-order valence-corrected chi connectivity index (χ4v) is 2.93. The van der Waals surface area contributed by atoms with Crippen LogP contribution in [0.1, 0.15) is 65.7 Å². The SMILES string of the molecule is CCCCCCC(C)/C=C(\C)[C@@H](O)[C@@H]1C/C(=C\CC(=O)O)C(=O)O1. The van der Waals surface area contributed by atoms with Crippen molar-refractivity contribution in [3.63, 3.8) is 0 Å². The van der Waals surface area contributed by atoms with Gasteiger partial charge in [0.2, 0.25) is 0 Å². The van der Waals surface area contributed by atoms with Crippen LogP contribution in [0.25, 0.3) is 0 Å². The Kier molecular flexibility index (Phi) is 8.76. The highest BCUT2D eigenvalue weighted by Crippen LogP contribution is 2.27. The second-order valence-electron chi connectivity index (χ2n) is 6.66. The van der Waals surface area contributed by atoms with Crippen LogP contribution >= 0.6 is 0 Å². The second kappa shape index (κ2) is 10.3. The Bertz CT molecular complexity index is 492. The van der Waals surface area contributed by atoms with Gasteiger partial charge in [-0.25, -0.2) is 4.79 Å². The summed E-state index contributed by atoms with van der Waals surface area (Å²) in [6.45, 7) is 6.16.